The van der Waals surface area contributed by atoms with Crippen LogP contribution in [0.5, 0.6) is 0 Å². The van der Waals surface area contributed by atoms with Crippen LogP contribution in [0.3, 0.4) is 0 Å². The van der Waals surface area contributed by atoms with Crippen molar-refractivity contribution < 1.29 is 19.1 Å². The van der Waals surface area contributed by atoms with E-state index in [4.69, 9.17) is 4.42 Å². The van der Waals surface area contributed by atoms with Crippen LogP contribution in [0.15, 0.2) is 22.8 Å². The number of aliphatic hydroxyl groups excluding tert-OH is 1. The molecule has 0 saturated carbocycles. The summed E-state index contributed by atoms with van der Waals surface area (Å²) >= 11 is 0. The monoisotopic (exact) mass is 280 g/mol. The maximum atomic E-state index is 12.0. The number of nitrogens with one attached hydrogen (secondary N) is 1. The summed E-state index contributed by atoms with van der Waals surface area (Å²) < 4.78 is 5.05. The van der Waals surface area contributed by atoms with Gasteiger partial charge >= 0.3 is 0 Å². The molecule has 6 heteroatoms. The molecule has 0 aromatic carbocycles. The molecule has 110 valence electrons. The summed E-state index contributed by atoms with van der Waals surface area (Å²) in [5, 5.41) is 12.5. The van der Waals surface area contributed by atoms with Crippen molar-refractivity contribution >= 4 is 11.8 Å². The van der Waals surface area contributed by atoms with Crippen LogP contribution in [-0.2, 0) is 9.59 Å². The third-order valence-corrected chi connectivity index (χ3v) is 3.49. The first kappa shape index (κ1) is 14.6. The highest BCUT2D eigenvalue weighted by molar-refractivity contribution is 5.89. The van der Waals surface area contributed by atoms with Gasteiger partial charge in [0, 0.05) is 19.0 Å². The maximum absolute atomic E-state index is 12.0. The highest BCUT2D eigenvalue weighted by atomic mass is 16.4. The molecule has 1 fully saturated rings. The van der Waals surface area contributed by atoms with Gasteiger partial charge in [0.2, 0.25) is 11.8 Å². The van der Waals surface area contributed by atoms with Gasteiger partial charge in [-0.15, -0.1) is 0 Å². The van der Waals surface area contributed by atoms with E-state index in [1.807, 2.05) is 13.8 Å². The Balaban J connectivity index is 1.83. The quantitative estimate of drug-likeness (QED) is 0.831. The van der Waals surface area contributed by atoms with Crippen molar-refractivity contribution in [2.75, 3.05) is 13.1 Å². The molecule has 1 saturated heterocycles. The fraction of sp³-hybridized carbons (Fsp3) is 0.571. The molecule has 0 spiro atoms. The Morgan fingerprint density at radius 1 is 1.60 bits per heavy atom. The first-order valence-corrected chi connectivity index (χ1v) is 6.77. The molecule has 0 bridgehead atoms. The predicted octanol–water partition coefficient (Wildman–Crippen LogP) is 0.686. The molecular weight excluding hydrogens is 260 g/mol. The van der Waals surface area contributed by atoms with Gasteiger partial charge in [0.1, 0.15) is 11.9 Å². The summed E-state index contributed by atoms with van der Waals surface area (Å²) in [5.74, 6) is -0.121. The van der Waals surface area contributed by atoms with Crippen molar-refractivity contribution in [2.45, 2.75) is 32.4 Å². The standard InChI is InChI=1S/C14H20N2O4/c1-9(2)16-8-10(6-13(16)18)14(19)15-7-11(17)12-4-3-5-20-12/h3-5,9-11,17H,6-8H2,1-2H3,(H,15,19). The van der Waals surface area contributed by atoms with Crippen molar-refractivity contribution in [3.8, 4) is 0 Å². The Labute approximate surface area is 117 Å². The number of nitrogens with zero attached hydrogens (tertiary/aromatic N) is 1. The van der Waals surface area contributed by atoms with E-state index in [-0.39, 0.29) is 36.7 Å². The first-order chi connectivity index (χ1) is 9.49. The number of rotatable bonds is 5. The molecule has 2 amide bonds. The highest BCUT2D eigenvalue weighted by Crippen LogP contribution is 2.20. The zero-order valence-corrected chi connectivity index (χ0v) is 11.7. The van der Waals surface area contributed by atoms with Gasteiger partial charge in [-0.05, 0) is 26.0 Å². The van der Waals surface area contributed by atoms with Gasteiger partial charge in [-0.2, -0.15) is 0 Å². The van der Waals surface area contributed by atoms with E-state index in [1.165, 1.54) is 6.26 Å². The topological polar surface area (TPSA) is 82.8 Å². The van der Waals surface area contributed by atoms with E-state index < -0.39 is 6.10 Å². The molecule has 0 aliphatic carbocycles. The molecule has 0 radical (unpaired) electrons. The summed E-state index contributed by atoms with van der Waals surface area (Å²) in [4.78, 5) is 25.4. The van der Waals surface area contributed by atoms with Crippen molar-refractivity contribution in [2.24, 2.45) is 5.92 Å². The first-order valence-electron chi connectivity index (χ1n) is 6.77. The van der Waals surface area contributed by atoms with Crippen LogP contribution in [-0.4, -0.2) is 41.0 Å². The number of carbonyl (C=O) groups is 2. The lowest BCUT2D eigenvalue weighted by atomic mass is 10.1. The van der Waals surface area contributed by atoms with Crippen LogP contribution in [0.2, 0.25) is 0 Å². The molecule has 20 heavy (non-hydrogen) atoms. The van der Waals surface area contributed by atoms with Gasteiger partial charge in [0.05, 0.1) is 18.7 Å². The fourth-order valence-corrected chi connectivity index (χ4v) is 2.33. The Morgan fingerprint density at radius 3 is 2.90 bits per heavy atom. The highest BCUT2D eigenvalue weighted by Gasteiger charge is 2.35. The SMILES string of the molecule is CC(C)N1CC(C(=O)NCC(O)c2ccco2)CC1=O. The van der Waals surface area contributed by atoms with Gasteiger partial charge in [0.15, 0.2) is 0 Å². The van der Waals surface area contributed by atoms with Crippen molar-refractivity contribution in [3.63, 3.8) is 0 Å². The number of aliphatic hydroxyl groups is 1. The molecule has 2 heterocycles. The summed E-state index contributed by atoms with van der Waals surface area (Å²) in [6, 6.07) is 3.43. The number of likely N-dealkylation sites (tertiary alicyclic amines) is 1. The largest absolute Gasteiger partial charge is 0.467 e. The van der Waals surface area contributed by atoms with Crippen LogP contribution in [0.25, 0.3) is 0 Å². The van der Waals surface area contributed by atoms with Gasteiger partial charge in [0.25, 0.3) is 0 Å². The van der Waals surface area contributed by atoms with Crippen LogP contribution in [0, 0.1) is 5.92 Å². The minimum Gasteiger partial charge on any atom is -0.467 e. The number of carbonyl (C=O) groups excluding carboxylic acids is 2. The second-order valence-corrected chi connectivity index (χ2v) is 5.32. The predicted molar refractivity (Wildman–Crippen MR) is 71.6 cm³/mol. The molecule has 2 unspecified atom stereocenters. The Kier molecular flexibility index (Phi) is 4.44. The van der Waals surface area contributed by atoms with Gasteiger partial charge in [-0.3, -0.25) is 9.59 Å². The molecule has 2 atom stereocenters. The number of furan rings is 1. The van der Waals surface area contributed by atoms with E-state index in [9.17, 15) is 14.7 Å². The van der Waals surface area contributed by atoms with Crippen LogP contribution in [0.4, 0.5) is 0 Å². The number of hydrogen-bond acceptors (Lipinski definition) is 4. The number of hydrogen-bond donors (Lipinski definition) is 2. The van der Waals surface area contributed by atoms with Crippen molar-refractivity contribution in [1.29, 1.82) is 0 Å². The second kappa shape index (κ2) is 6.09. The van der Waals surface area contributed by atoms with E-state index in [2.05, 4.69) is 5.32 Å². The average molecular weight is 280 g/mol. The molecular formula is C14H20N2O4. The minimum absolute atomic E-state index is 0.00623. The van der Waals surface area contributed by atoms with Crippen LogP contribution < -0.4 is 5.32 Å². The third kappa shape index (κ3) is 3.19. The summed E-state index contributed by atoms with van der Waals surface area (Å²) in [6.45, 7) is 4.38. The minimum atomic E-state index is -0.868. The van der Waals surface area contributed by atoms with E-state index in [0.29, 0.717) is 12.3 Å². The van der Waals surface area contributed by atoms with Crippen LogP contribution >= 0.6 is 0 Å². The van der Waals surface area contributed by atoms with Gasteiger partial charge < -0.3 is 19.7 Å². The normalized spacial score (nSPS) is 20.5. The average Bonchev–Trinajstić information content (AvgIpc) is 3.04. The lowest BCUT2D eigenvalue weighted by Gasteiger charge is -2.20. The fourth-order valence-electron chi connectivity index (χ4n) is 2.33. The van der Waals surface area contributed by atoms with Gasteiger partial charge in [-0.1, -0.05) is 0 Å². The lowest BCUT2D eigenvalue weighted by molar-refractivity contribution is -0.130. The molecule has 2 N–H and O–H groups in total. The number of amides is 2. The molecule has 1 aliphatic heterocycles. The zero-order chi connectivity index (χ0) is 14.7. The summed E-state index contributed by atoms with van der Waals surface area (Å²) in [5.41, 5.74) is 0. The zero-order valence-electron chi connectivity index (χ0n) is 11.7. The van der Waals surface area contributed by atoms with Crippen molar-refractivity contribution in [1.82, 2.24) is 10.2 Å². The smallest absolute Gasteiger partial charge is 0.225 e. The van der Waals surface area contributed by atoms with Crippen molar-refractivity contribution in [3.05, 3.63) is 24.2 Å². The Bertz CT molecular complexity index is 470. The molecule has 6 nitrogen and oxygen atoms in total. The molecule has 1 aliphatic rings. The Morgan fingerprint density at radius 2 is 2.35 bits per heavy atom. The Hall–Kier alpha value is -1.82. The van der Waals surface area contributed by atoms with Gasteiger partial charge in [-0.25, -0.2) is 0 Å². The lowest BCUT2D eigenvalue weighted by Crippen LogP contribution is -2.36. The summed E-state index contributed by atoms with van der Waals surface area (Å²) in [7, 11) is 0. The second-order valence-electron chi connectivity index (χ2n) is 5.32. The molecule has 1 aromatic heterocycles. The van der Waals surface area contributed by atoms with E-state index in [1.54, 1.807) is 17.0 Å². The van der Waals surface area contributed by atoms with Crippen LogP contribution in [0.1, 0.15) is 32.1 Å². The summed E-state index contributed by atoms with van der Waals surface area (Å²) in [6.07, 6.45) is 0.837. The maximum Gasteiger partial charge on any atom is 0.225 e. The van der Waals surface area contributed by atoms with E-state index >= 15 is 0 Å². The van der Waals surface area contributed by atoms with E-state index in [0.717, 1.165) is 0 Å². The third-order valence-electron chi connectivity index (χ3n) is 3.49. The molecule has 2 rings (SSSR count). The molecule has 1 aromatic rings.